The van der Waals surface area contributed by atoms with Crippen molar-refractivity contribution < 1.29 is 27.0 Å². The summed E-state index contributed by atoms with van der Waals surface area (Å²) in [6.45, 7) is 0. The Labute approximate surface area is 156 Å². The first-order valence-electron chi connectivity index (χ1n) is 7.59. The van der Waals surface area contributed by atoms with E-state index in [1.807, 2.05) is 6.07 Å². The van der Waals surface area contributed by atoms with E-state index in [-0.39, 0.29) is 5.56 Å². The largest absolute Gasteiger partial charge is 0.497 e. The highest BCUT2D eigenvalue weighted by atomic mass is 32.2. The lowest BCUT2D eigenvalue weighted by Gasteiger charge is -2.10. The van der Waals surface area contributed by atoms with E-state index in [1.165, 1.54) is 0 Å². The van der Waals surface area contributed by atoms with Crippen LogP contribution in [0.1, 0.15) is 10.4 Å². The lowest BCUT2D eigenvalue weighted by Crippen LogP contribution is -2.37. The number of nitrogens with zero attached hydrogens (tertiary/aromatic N) is 1. The molecular formula is C17H19N3O6S. The molecule has 0 bridgehead atoms. The zero-order valence-corrected chi connectivity index (χ0v) is 15.7. The van der Waals surface area contributed by atoms with Gasteiger partial charge in [-0.2, -0.15) is 8.42 Å². The molecule has 27 heavy (non-hydrogen) atoms. The second-order valence-corrected chi connectivity index (χ2v) is 6.95. The van der Waals surface area contributed by atoms with Gasteiger partial charge in [-0.05, 0) is 40.5 Å². The molecule has 10 heteroatoms. The molecule has 0 saturated carbocycles. The van der Waals surface area contributed by atoms with E-state index in [2.05, 4.69) is 14.8 Å². The Hall–Kier alpha value is -3.27. The number of nitrogens with two attached hydrogens (primary N) is 1. The monoisotopic (exact) mass is 393 g/mol. The molecule has 1 amide bonds. The SMILES string of the molecule is COc1cc(OC)cc(-c2cccc(C(=O)NC(N)=NOS(C)(=O)=O)c2)c1. The van der Waals surface area contributed by atoms with Crippen LogP contribution in [0.5, 0.6) is 11.5 Å². The molecule has 0 aliphatic heterocycles. The molecule has 0 heterocycles. The van der Waals surface area contributed by atoms with Crippen LogP contribution in [0.2, 0.25) is 0 Å². The van der Waals surface area contributed by atoms with Crippen molar-refractivity contribution in [3.63, 3.8) is 0 Å². The molecule has 0 spiro atoms. The average molecular weight is 393 g/mol. The molecule has 0 fully saturated rings. The van der Waals surface area contributed by atoms with Crippen LogP contribution in [-0.4, -0.2) is 40.8 Å². The molecule has 0 aliphatic rings. The second kappa shape index (κ2) is 8.41. The normalized spacial score (nSPS) is 11.6. The standard InChI is InChI=1S/C17H19N3O6S/c1-24-14-8-13(9-15(10-14)25-2)11-5-4-6-12(7-11)16(21)19-17(18)20-26-27(3,22)23/h4-10H,1-3H3,(H3,18,19,20,21). The molecule has 9 nitrogen and oxygen atoms in total. The molecule has 144 valence electrons. The smallest absolute Gasteiger partial charge is 0.325 e. The summed E-state index contributed by atoms with van der Waals surface area (Å²) in [5.74, 6) is 0.144. The predicted octanol–water partition coefficient (Wildman–Crippen LogP) is 1.31. The Morgan fingerprint density at radius 1 is 1.04 bits per heavy atom. The molecule has 2 aromatic rings. The summed E-state index contributed by atoms with van der Waals surface area (Å²) in [6, 6.07) is 12.0. The van der Waals surface area contributed by atoms with Crippen molar-refractivity contribution in [2.45, 2.75) is 0 Å². The van der Waals surface area contributed by atoms with Gasteiger partial charge < -0.3 is 15.2 Å². The number of hydrogen-bond donors (Lipinski definition) is 2. The van der Waals surface area contributed by atoms with Gasteiger partial charge in [0, 0.05) is 11.6 Å². The maximum Gasteiger partial charge on any atom is 0.325 e. The van der Waals surface area contributed by atoms with Gasteiger partial charge in [-0.15, -0.1) is 0 Å². The number of benzene rings is 2. The van der Waals surface area contributed by atoms with Gasteiger partial charge in [0.15, 0.2) is 0 Å². The molecule has 2 rings (SSSR count). The third-order valence-electron chi connectivity index (χ3n) is 3.32. The van der Waals surface area contributed by atoms with Gasteiger partial charge in [0.05, 0.1) is 20.5 Å². The van der Waals surface area contributed by atoms with Crippen molar-refractivity contribution in [1.82, 2.24) is 5.32 Å². The van der Waals surface area contributed by atoms with E-state index in [1.54, 1.807) is 50.6 Å². The highest BCUT2D eigenvalue weighted by Crippen LogP contribution is 2.30. The second-order valence-electron chi connectivity index (χ2n) is 5.39. The van der Waals surface area contributed by atoms with Crippen LogP contribution in [-0.2, 0) is 14.4 Å². The van der Waals surface area contributed by atoms with Gasteiger partial charge in [-0.1, -0.05) is 12.1 Å². The van der Waals surface area contributed by atoms with E-state index in [4.69, 9.17) is 15.2 Å². The number of oxime groups is 1. The van der Waals surface area contributed by atoms with Gasteiger partial charge in [-0.25, -0.2) is 0 Å². The Bertz CT molecular complexity index is 950. The van der Waals surface area contributed by atoms with Crippen molar-refractivity contribution >= 4 is 22.0 Å². The van der Waals surface area contributed by atoms with Crippen molar-refractivity contribution in [3.05, 3.63) is 48.0 Å². The highest BCUT2D eigenvalue weighted by molar-refractivity contribution is 7.85. The fourth-order valence-electron chi connectivity index (χ4n) is 2.13. The number of amides is 1. The lowest BCUT2D eigenvalue weighted by molar-refractivity contribution is 0.0975. The van der Waals surface area contributed by atoms with Gasteiger partial charge in [-0.3, -0.25) is 14.4 Å². The topological polar surface area (TPSA) is 129 Å². The van der Waals surface area contributed by atoms with Crippen LogP contribution in [0, 0.1) is 0 Å². The third-order valence-corrected chi connectivity index (χ3v) is 3.67. The van der Waals surface area contributed by atoms with Crippen LogP contribution in [0.25, 0.3) is 11.1 Å². The van der Waals surface area contributed by atoms with Crippen LogP contribution in [0.3, 0.4) is 0 Å². The van der Waals surface area contributed by atoms with E-state index in [0.717, 1.165) is 17.4 Å². The minimum atomic E-state index is -3.82. The molecule has 0 radical (unpaired) electrons. The van der Waals surface area contributed by atoms with Gasteiger partial charge in [0.1, 0.15) is 11.5 Å². The van der Waals surface area contributed by atoms with E-state index in [9.17, 15) is 13.2 Å². The fourth-order valence-corrected chi connectivity index (χ4v) is 2.35. The maximum atomic E-state index is 12.3. The number of methoxy groups -OCH3 is 2. The molecule has 0 atom stereocenters. The van der Waals surface area contributed by atoms with Crippen LogP contribution >= 0.6 is 0 Å². The maximum absolute atomic E-state index is 12.3. The summed E-state index contributed by atoms with van der Waals surface area (Å²) >= 11 is 0. The molecule has 3 N–H and O–H groups in total. The van der Waals surface area contributed by atoms with Crippen molar-refractivity contribution in [1.29, 1.82) is 0 Å². The van der Waals surface area contributed by atoms with Gasteiger partial charge in [0.25, 0.3) is 5.91 Å². The lowest BCUT2D eigenvalue weighted by atomic mass is 10.0. The highest BCUT2D eigenvalue weighted by Gasteiger charge is 2.11. The zero-order valence-electron chi connectivity index (χ0n) is 14.9. The number of carbonyl (C=O) groups excluding carboxylic acids is 1. The van der Waals surface area contributed by atoms with E-state index >= 15 is 0 Å². The fraction of sp³-hybridized carbons (Fsp3) is 0.176. The van der Waals surface area contributed by atoms with Crippen LogP contribution in [0.15, 0.2) is 47.6 Å². The number of carbonyl (C=O) groups is 1. The van der Waals surface area contributed by atoms with Gasteiger partial charge >= 0.3 is 10.1 Å². The zero-order chi connectivity index (χ0) is 20.0. The Morgan fingerprint density at radius 3 is 2.22 bits per heavy atom. The van der Waals surface area contributed by atoms with Crippen molar-refractivity contribution in [2.24, 2.45) is 10.9 Å². The summed E-state index contributed by atoms with van der Waals surface area (Å²) in [4.78, 5) is 12.3. The van der Waals surface area contributed by atoms with E-state index in [0.29, 0.717) is 11.5 Å². The third kappa shape index (κ3) is 5.89. The minimum absolute atomic E-state index is 0.284. The first-order chi connectivity index (χ1) is 12.7. The first-order valence-corrected chi connectivity index (χ1v) is 9.40. The number of guanidine groups is 1. The quantitative estimate of drug-likeness (QED) is 0.430. The molecule has 0 saturated heterocycles. The summed E-state index contributed by atoms with van der Waals surface area (Å²) in [6.07, 6.45) is 0.803. The van der Waals surface area contributed by atoms with Crippen molar-refractivity contribution in [2.75, 3.05) is 20.5 Å². The molecule has 2 aromatic carbocycles. The Morgan fingerprint density at radius 2 is 1.67 bits per heavy atom. The summed E-state index contributed by atoms with van der Waals surface area (Å²) in [5, 5.41) is 5.37. The minimum Gasteiger partial charge on any atom is -0.497 e. The van der Waals surface area contributed by atoms with Crippen molar-refractivity contribution in [3.8, 4) is 22.6 Å². The predicted molar refractivity (Wildman–Crippen MR) is 100.0 cm³/mol. The molecule has 0 aromatic heterocycles. The number of ether oxygens (including phenoxy) is 2. The number of nitrogens with one attached hydrogen (secondary N) is 1. The summed E-state index contributed by atoms with van der Waals surface area (Å²) in [5.41, 5.74) is 7.24. The first kappa shape index (κ1) is 20.0. The average Bonchev–Trinajstić information content (AvgIpc) is 2.65. The molecule has 0 aliphatic carbocycles. The van der Waals surface area contributed by atoms with Gasteiger partial charge in [0.2, 0.25) is 5.96 Å². The number of hydrogen-bond acceptors (Lipinski definition) is 7. The molecule has 0 unspecified atom stereocenters. The van der Waals surface area contributed by atoms with E-state index < -0.39 is 22.0 Å². The van der Waals surface area contributed by atoms with Crippen LogP contribution < -0.4 is 20.5 Å². The Kier molecular flexibility index (Phi) is 6.24. The summed E-state index contributed by atoms with van der Waals surface area (Å²) < 4.78 is 36.4. The summed E-state index contributed by atoms with van der Waals surface area (Å²) in [7, 11) is -0.729. The Balaban J connectivity index is 2.26. The number of rotatable bonds is 6. The molecular weight excluding hydrogens is 374 g/mol. The van der Waals surface area contributed by atoms with Crippen LogP contribution in [0.4, 0.5) is 0 Å².